The quantitative estimate of drug-likeness (QED) is 0.773. The third-order valence-electron chi connectivity index (χ3n) is 4.25. The standard InChI is InChI=1S/C18H31N3/c1-4-11-19-18-16(8-7-12-20-18)14-21(13-15(2)3)17-9-5-6-10-17/h7-8,12,15,17H,4-6,9-11,13-14H2,1-3H3,(H,19,20). The maximum atomic E-state index is 4.54. The number of anilines is 1. The van der Waals surface area contributed by atoms with E-state index in [1.54, 1.807) is 0 Å². The van der Waals surface area contributed by atoms with Crippen LogP contribution >= 0.6 is 0 Å². The van der Waals surface area contributed by atoms with E-state index in [1.807, 2.05) is 6.20 Å². The SMILES string of the molecule is CCCNc1ncccc1CN(CC(C)C)C1CCCC1. The van der Waals surface area contributed by atoms with Gasteiger partial charge in [-0.05, 0) is 31.2 Å². The molecule has 0 radical (unpaired) electrons. The van der Waals surface area contributed by atoms with Crippen LogP contribution in [0.2, 0.25) is 0 Å². The van der Waals surface area contributed by atoms with Crippen molar-refractivity contribution in [2.24, 2.45) is 5.92 Å². The Hall–Kier alpha value is -1.09. The van der Waals surface area contributed by atoms with E-state index in [0.29, 0.717) is 5.92 Å². The fraction of sp³-hybridized carbons (Fsp3) is 0.722. The summed E-state index contributed by atoms with van der Waals surface area (Å²) in [6.07, 6.45) is 8.55. The molecule has 1 N–H and O–H groups in total. The zero-order chi connectivity index (χ0) is 15.1. The molecule has 0 bridgehead atoms. The summed E-state index contributed by atoms with van der Waals surface area (Å²) in [6.45, 7) is 10.1. The number of nitrogens with one attached hydrogen (secondary N) is 1. The van der Waals surface area contributed by atoms with Crippen LogP contribution in [0.15, 0.2) is 18.3 Å². The van der Waals surface area contributed by atoms with Gasteiger partial charge in [0.05, 0.1) is 0 Å². The molecule has 1 fully saturated rings. The van der Waals surface area contributed by atoms with Gasteiger partial charge in [0.2, 0.25) is 0 Å². The molecule has 0 atom stereocenters. The van der Waals surface area contributed by atoms with Crippen molar-refractivity contribution >= 4 is 5.82 Å². The van der Waals surface area contributed by atoms with Gasteiger partial charge in [-0.25, -0.2) is 4.98 Å². The van der Waals surface area contributed by atoms with Crippen LogP contribution in [0.5, 0.6) is 0 Å². The highest BCUT2D eigenvalue weighted by molar-refractivity contribution is 5.43. The first-order valence-corrected chi connectivity index (χ1v) is 8.62. The van der Waals surface area contributed by atoms with Crippen LogP contribution in [-0.2, 0) is 6.54 Å². The van der Waals surface area contributed by atoms with Crippen molar-refractivity contribution in [1.29, 1.82) is 0 Å². The number of nitrogens with zero attached hydrogens (tertiary/aromatic N) is 2. The molecule has 3 nitrogen and oxygen atoms in total. The van der Waals surface area contributed by atoms with Gasteiger partial charge in [0, 0.05) is 37.4 Å². The Morgan fingerprint density at radius 2 is 2.10 bits per heavy atom. The van der Waals surface area contributed by atoms with Crippen molar-refractivity contribution in [3.8, 4) is 0 Å². The van der Waals surface area contributed by atoms with Gasteiger partial charge in [0.1, 0.15) is 5.82 Å². The summed E-state index contributed by atoms with van der Waals surface area (Å²) >= 11 is 0. The van der Waals surface area contributed by atoms with E-state index in [1.165, 1.54) is 37.8 Å². The van der Waals surface area contributed by atoms with Crippen LogP contribution in [0, 0.1) is 5.92 Å². The van der Waals surface area contributed by atoms with E-state index >= 15 is 0 Å². The topological polar surface area (TPSA) is 28.2 Å². The van der Waals surface area contributed by atoms with Crippen LogP contribution < -0.4 is 5.32 Å². The second kappa shape index (κ2) is 8.38. The van der Waals surface area contributed by atoms with E-state index in [9.17, 15) is 0 Å². The molecule has 0 unspecified atom stereocenters. The molecule has 1 aromatic heterocycles. The second-order valence-corrected chi connectivity index (χ2v) is 6.70. The minimum Gasteiger partial charge on any atom is -0.370 e. The first-order valence-electron chi connectivity index (χ1n) is 8.62. The van der Waals surface area contributed by atoms with E-state index in [-0.39, 0.29) is 0 Å². The zero-order valence-electron chi connectivity index (χ0n) is 13.9. The number of rotatable bonds is 8. The van der Waals surface area contributed by atoms with E-state index in [0.717, 1.165) is 31.4 Å². The van der Waals surface area contributed by atoms with Gasteiger partial charge in [-0.3, -0.25) is 4.90 Å². The number of hydrogen-bond acceptors (Lipinski definition) is 3. The van der Waals surface area contributed by atoms with Gasteiger partial charge in [0.25, 0.3) is 0 Å². The van der Waals surface area contributed by atoms with Crippen LogP contribution in [0.1, 0.15) is 58.4 Å². The lowest BCUT2D eigenvalue weighted by molar-refractivity contribution is 0.169. The van der Waals surface area contributed by atoms with Crippen LogP contribution in [-0.4, -0.2) is 29.0 Å². The minimum atomic E-state index is 0.717. The summed E-state index contributed by atoms with van der Waals surface area (Å²) in [7, 11) is 0. The summed E-state index contributed by atoms with van der Waals surface area (Å²) in [5, 5.41) is 3.47. The molecule has 1 saturated carbocycles. The molecule has 21 heavy (non-hydrogen) atoms. The molecule has 1 aromatic rings. The first-order chi connectivity index (χ1) is 10.2. The zero-order valence-corrected chi connectivity index (χ0v) is 13.9. The fourth-order valence-electron chi connectivity index (χ4n) is 3.27. The largest absolute Gasteiger partial charge is 0.370 e. The van der Waals surface area contributed by atoms with Crippen molar-refractivity contribution < 1.29 is 0 Å². The molecule has 0 saturated heterocycles. The van der Waals surface area contributed by atoms with Gasteiger partial charge >= 0.3 is 0 Å². The Morgan fingerprint density at radius 3 is 2.76 bits per heavy atom. The highest BCUT2D eigenvalue weighted by Crippen LogP contribution is 2.27. The molecule has 0 aliphatic heterocycles. The minimum absolute atomic E-state index is 0.717. The molecule has 3 heteroatoms. The second-order valence-electron chi connectivity index (χ2n) is 6.70. The first kappa shape index (κ1) is 16.3. The summed E-state index contributed by atoms with van der Waals surface area (Å²) in [4.78, 5) is 7.22. The Balaban J connectivity index is 2.07. The molecule has 118 valence electrons. The maximum absolute atomic E-state index is 4.54. The molecule has 0 spiro atoms. The number of hydrogen-bond donors (Lipinski definition) is 1. The van der Waals surface area contributed by atoms with Crippen LogP contribution in [0.4, 0.5) is 5.82 Å². The van der Waals surface area contributed by atoms with Crippen molar-refractivity contribution in [1.82, 2.24) is 9.88 Å². The fourth-order valence-corrected chi connectivity index (χ4v) is 3.27. The summed E-state index contributed by atoms with van der Waals surface area (Å²) in [5.74, 6) is 1.79. The highest BCUT2D eigenvalue weighted by atomic mass is 15.2. The smallest absolute Gasteiger partial charge is 0.130 e. The lowest BCUT2D eigenvalue weighted by atomic mass is 10.1. The summed E-state index contributed by atoms with van der Waals surface area (Å²) in [5.41, 5.74) is 1.35. The molecule has 1 aliphatic carbocycles. The van der Waals surface area contributed by atoms with E-state index in [4.69, 9.17) is 0 Å². The Morgan fingerprint density at radius 1 is 1.33 bits per heavy atom. The molecule has 0 aromatic carbocycles. The average molecular weight is 289 g/mol. The average Bonchev–Trinajstić information content (AvgIpc) is 2.99. The van der Waals surface area contributed by atoms with Gasteiger partial charge in [-0.2, -0.15) is 0 Å². The third-order valence-corrected chi connectivity index (χ3v) is 4.25. The van der Waals surface area contributed by atoms with Gasteiger partial charge in [0.15, 0.2) is 0 Å². The normalized spacial score (nSPS) is 16.0. The van der Waals surface area contributed by atoms with E-state index < -0.39 is 0 Å². The number of pyridine rings is 1. The van der Waals surface area contributed by atoms with Crippen molar-refractivity contribution in [3.05, 3.63) is 23.9 Å². The van der Waals surface area contributed by atoms with Crippen LogP contribution in [0.3, 0.4) is 0 Å². The van der Waals surface area contributed by atoms with Gasteiger partial charge < -0.3 is 5.32 Å². The van der Waals surface area contributed by atoms with Gasteiger partial charge in [-0.1, -0.05) is 39.7 Å². The maximum Gasteiger partial charge on any atom is 0.130 e. The Kier molecular flexibility index (Phi) is 6.50. The summed E-state index contributed by atoms with van der Waals surface area (Å²) < 4.78 is 0. The molecular weight excluding hydrogens is 258 g/mol. The van der Waals surface area contributed by atoms with Crippen LogP contribution in [0.25, 0.3) is 0 Å². The Bertz CT molecular complexity index is 411. The molecular formula is C18H31N3. The predicted octanol–water partition coefficient (Wildman–Crippen LogP) is 4.30. The lowest BCUT2D eigenvalue weighted by Gasteiger charge is -2.31. The molecule has 1 aliphatic rings. The van der Waals surface area contributed by atoms with E-state index in [2.05, 4.69) is 48.1 Å². The lowest BCUT2D eigenvalue weighted by Crippen LogP contribution is -2.36. The predicted molar refractivity (Wildman–Crippen MR) is 90.5 cm³/mol. The molecule has 1 heterocycles. The number of aromatic nitrogens is 1. The highest BCUT2D eigenvalue weighted by Gasteiger charge is 2.23. The third kappa shape index (κ3) is 4.99. The van der Waals surface area contributed by atoms with Gasteiger partial charge in [-0.15, -0.1) is 0 Å². The summed E-state index contributed by atoms with van der Waals surface area (Å²) in [6, 6.07) is 5.06. The molecule has 2 rings (SSSR count). The molecule has 0 amide bonds. The Labute approximate surface area is 130 Å². The van der Waals surface area contributed by atoms with Crippen molar-refractivity contribution in [3.63, 3.8) is 0 Å². The monoisotopic (exact) mass is 289 g/mol. The van der Waals surface area contributed by atoms with Crippen molar-refractivity contribution in [2.45, 2.75) is 65.5 Å². The van der Waals surface area contributed by atoms with Crippen molar-refractivity contribution in [2.75, 3.05) is 18.4 Å².